The van der Waals surface area contributed by atoms with Crippen molar-refractivity contribution in [1.29, 1.82) is 0 Å². The van der Waals surface area contributed by atoms with Gasteiger partial charge in [0.1, 0.15) is 0 Å². The minimum Gasteiger partial charge on any atom is -0.307 e. The van der Waals surface area contributed by atoms with Gasteiger partial charge >= 0.3 is 0 Å². The van der Waals surface area contributed by atoms with Crippen molar-refractivity contribution in [3.05, 3.63) is 215 Å². The van der Waals surface area contributed by atoms with E-state index < -0.39 is 41.1 Å². The molecule has 0 saturated carbocycles. The number of fused-ring (bicyclic) bond motifs is 9. The Kier molecular flexibility index (Phi) is 5.85. The first-order valence-corrected chi connectivity index (χ1v) is 22.3. The lowest BCUT2D eigenvalue weighted by molar-refractivity contribution is 1.04. The third-order valence-electron chi connectivity index (χ3n) is 13.0. The molecule has 0 aliphatic heterocycles. The summed E-state index contributed by atoms with van der Waals surface area (Å²) in [5.41, 5.74) is 4.94. The van der Waals surface area contributed by atoms with Crippen LogP contribution in [0.25, 0.3) is 117 Å². The van der Waals surface area contributed by atoms with E-state index in [9.17, 15) is 0 Å². The highest BCUT2D eigenvalue weighted by Gasteiger charge is 2.27. The second kappa shape index (κ2) is 15.5. The Morgan fingerprint density at radius 2 is 0.565 bits per heavy atom. The highest BCUT2D eigenvalue weighted by atomic mass is 15.1. The van der Waals surface area contributed by atoms with Crippen LogP contribution in [0.3, 0.4) is 0 Å². The summed E-state index contributed by atoms with van der Waals surface area (Å²) in [5.74, 6) is 0.775. The Morgan fingerprint density at radius 3 is 0.855 bits per heavy atom. The Bertz CT molecular complexity index is 4500. The number of aromatic nitrogens is 6. The normalized spacial score (nSPS) is 16.9. The lowest BCUT2D eigenvalue weighted by Crippen LogP contribution is -2.10. The van der Waals surface area contributed by atoms with Gasteiger partial charge in [-0.25, -0.2) is 15.0 Å². The van der Waals surface area contributed by atoms with Gasteiger partial charge in [0, 0.05) is 73.7 Å². The average molecular weight is 907 g/mol. The molecule has 0 N–H and O–H groups in total. The van der Waals surface area contributed by atoms with Crippen molar-refractivity contribution < 1.29 is 24.7 Å². The van der Waals surface area contributed by atoms with Gasteiger partial charge in [-0.2, -0.15) is 0 Å². The fraction of sp³-hybridized carbons (Fsp3) is 0.0952. The summed E-state index contributed by atoms with van der Waals surface area (Å²) in [6, 6.07) is 50.2. The summed E-state index contributed by atoms with van der Waals surface area (Å²) in [6.07, 6.45) is 0. The van der Waals surface area contributed by atoms with Gasteiger partial charge in [-0.3, -0.25) is 0 Å². The molecule has 69 heavy (non-hydrogen) atoms. The molecule has 9 aromatic carbocycles. The molecule has 0 unspecified atom stereocenters. The minimum absolute atomic E-state index is 0.0225. The first kappa shape index (κ1) is 26.1. The number of hydrogen-bond donors (Lipinski definition) is 0. The molecular weight excluding hydrogens is 841 g/mol. The zero-order valence-electron chi connectivity index (χ0n) is 54.5. The molecule has 4 heterocycles. The molecule has 0 aliphatic rings. The second-order valence-corrected chi connectivity index (χ2v) is 17.3. The van der Waals surface area contributed by atoms with Gasteiger partial charge in [-0.05, 0) is 126 Å². The Balaban J connectivity index is 1.30. The van der Waals surface area contributed by atoms with Crippen molar-refractivity contribution in [1.82, 2.24) is 28.7 Å². The summed E-state index contributed by atoms with van der Waals surface area (Å²) >= 11 is 0. The maximum absolute atomic E-state index is 8.57. The van der Waals surface area contributed by atoms with Crippen LogP contribution >= 0.6 is 0 Å². The summed E-state index contributed by atoms with van der Waals surface area (Å²) in [5, 5.41) is 2.22. The van der Waals surface area contributed by atoms with Gasteiger partial charge in [-0.1, -0.05) is 130 Å². The number of nitrogens with zero attached hydrogens (tertiary/aromatic N) is 6. The standard InChI is InChI=1S/C63H48N6/c1-37-17-23-52-46(29-37)47-30-38(2)18-24-53(47)67(52)58-35-45(63-65-61(43-13-9-7-10-14-43)64-62(66-63)44-15-11-8-12-16-44)36-59(68-54-25-19-39(3)31-48(54)49-32-40(4)20-26-55(49)68)60(58)69-56-27-21-41(5)33-50(56)51-34-42(6)22-28-57(51)69/h7-36H,1-6H3/i1D3,2D3,3D3,4D3,5D3,6D3. The molecule has 0 radical (unpaired) electrons. The maximum Gasteiger partial charge on any atom is 0.164 e. The van der Waals surface area contributed by atoms with Gasteiger partial charge in [0.25, 0.3) is 0 Å². The van der Waals surface area contributed by atoms with Crippen LogP contribution in [-0.2, 0) is 0 Å². The largest absolute Gasteiger partial charge is 0.307 e. The summed E-state index contributed by atoms with van der Waals surface area (Å²) in [6.45, 7) is -15.6. The van der Waals surface area contributed by atoms with E-state index in [0.29, 0.717) is 111 Å². The molecule has 0 bridgehead atoms. The molecule has 0 aliphatic carbocycles. The molecule has 13 aromatic rings. The van der Waals surface area contributed by atoms with E-state index in [4.69, 9.17) is 39.6 Å². The van der Waals surface area contributed by atoms with Crippen molar-refractivity contribution in [2.75, 3.05) is 0 Å². The van der Waals surface area contributed by atoms with Crippen LogP contribution in [0.5, 0.6) is 0 Å². The van der Waals surface area contributed by atoms with Crippen LogP contribution in [0, 0.1) is 41.1 Å². The molecule has 0 fully saturated rings. The molecule has 330 valence electrons. The first-order chi connectivity index (χ1) is 40.9. The average Bonchev–Trinajstić information content (AvgIpc) is 1.61. The third-order valence-corrected chi connectivity index (χ3v) is 13.0. The zero-order valence-corrected chi connectivity index (χ0v) is 36.5. The van der Waals surface area contributed by atoms with Crippen molar-refractivity contribution in [3.63, 3.8) is 0 Å². The predicted molar refractivity (Wildman–Crippen MR) is 288 cm³/mol. The Labute approximate surface area is 425 Å². The van der Waals surface area contributed by atoms with E-state index in [1.807, 2.05) is 86.5 Å². The Morgan fingerprint density at radius 1 is 0.290 bits per heavy atom. The van der Waals surface area contributed by atoms with E-state index in [1.165, 1.54) is 72.8 Å². The number of rotatable bonds is 6. The minimum atomic E-state index is -2.61. The van der Waals surface area contributed by atoms with Gasteiger partial charge in [0.15, 0.2) is 17.5 Å². The van der Waals surface area contributed by atoms with Crippen LogP contribution < -0.4 is 0 Å². The van der Waals surface area contributed by atoms with Gasteiger partial charge in [0.2, 0.25) is 0 Å². The van der Waals surface area contributed by atoms with Crippen molar-refractivity contribution in [3.8, 4) is 51.2 Å². The molecule has 0 spiro atoms. The number of benzene rings is 9. The number of hydrogen-bond acceptors (Lipinski definition) is 3. The van der Waals surface area contributed by atoms with Crippen LogP contribution in [0.15, 0.2) is 182 Å². The molecule has 0 saturated heterocycles. The highest BCUT2D eigenvalue weighted by Crippen LogP contribution is 2.45. The van der Waals surface area contributed by atoms with Crippen molar-refractivity contribution >= 4 is 65.4 Å². The van der Waals surface area contributed by atoms with Crippen LogP contribution in [0.4, 0.5) is 0 Å². The maximum atomic E-state index is 8.57. The second-order valence-electron chi connectivity index (χ2n) is 17.3. The topological polar surface area (TPSA) is 53.5 Å². The van der Waals surface area contributed by atoms with E-state index in [1.54, 1.807) is 36.4 Å². The fourth-order valence-electron chi connectivity index (χ4n) is 10.1. The smallest absolute Gasteiger partial charge is 0.164 e. The quantitative estimate of drug-likeness (QED) is 0.167. The summed E-state index contributed by atoms with van der Waals surface area (Å²) in [4.78, 5) is 15.4. The highest BCUT2D eigenvalue weighted by molar-refractivity contribution is 6.14. The Hall–Kier alpha value is -8.61. The van der Waals surface area contributed by atoms with Gasteiger partial charge in [0.05, 0.1) is 50.2 Å². The third kappa shape index (κ3) is 6.51. The van der Waals surface area contributed by atoms with Crippen molar-refractivity contribution in [2.24, 2.45) is 0 Å². The fourth-order valence-corrected chi connectivity index (χ4v) is 10.1. The monoisotopic (exact) mass is 907 g/mol. The summed E-state index contributed by atoms with van der Waals surface area (Å²) in [7, 11) is 0. The number of aryl methyl sites for hydroxylation is 6. The molecule has 6 heteroatoms. The summed E-state index contributed by atoms with van der Waals surface area (Å²) < 4.78 is 160. The zero-order chi connectivity index (χ0) is 61.7. The van der Waals surface area contributed by atoms with E-state index >= 15 is 0 Å². The molecule has 0 amide bonds. The van der Waals surface area contributed by atoms with Crippen LogP contribution in [0.2, 0.25) is 0 Å². The first-order valence-electron chi connectivity index (χ1n) is 31.3. The molecule has 4 aromatic heterocycles. The van der Waals surface area contributed by atoms with Gasteiger partial charge < -0.3 is 13.7 Å². The molecular formula is C63H48N6. The van der Waals surface area contributed by atoms with Crippen molar-refractivity contribution in [2.45, 2.75) is 41.1 Å². The molecule has 6 nitrogen and oxygen atoms in total. The lowest BCUT2D eigenvalue weighted by Gasteiger charge is -2.23. The van der Waals surface area contributed by atoms with E-state index in [2.05, 4.69) is 0 Å². The van der Waals surface area contributed by atoms with E-state index in [-0.39, 0.29) is 39.2 Å². The molecule has 13 rings (SSSR count). The van der Waals surface area contributed by atoms with Gasteiger partial charge in [-0.15, -0.1) is 0 Å². The molecule has 0 atom stereocenters. The predicted octanol–water partition coefficient (Wildman–Crippen LogP) is 16.0. The SMILES string of the molecule is [2H]C([2H])([2H])c1ccc2c(c1)c1cc(C([2H])([2H])[2H])ccc1n2-c1cc(-c2nc(-c3ccccc3)nc(-c3ccccc3)n2)cc(-n2c3ccc(C([2H])([2H])[2H])cc3c3cc(C([2H])([2H])[2H])ccc32)c1-n1c2ccc(C([2H])([2H])[2H])cc2c2cc(C([2H])([2H])[2H])ccc21. The van der Waals surface area contributed by atoms with Crippen LogP contribution in [-0.4, -0.2) is 28.7 Å². The lowest BCUT2D eigenvalue weighted by atomic mass is 10.1. The van der Waals surface area contributed by atoms with Crippen LogP contribution in [0.1, 0.15) is 58.1 Å². The van der Waals surface area contributed by atoms with E-state index in [0.717, 1.165) is 0 Å².